The van der Waals surface area contributed by atoms with Crippen molar-refractivity contribution in [3.63, 3.8) is 0 Å². The zero-order chi connectivity index (χ0) is 16.3. The number of carboxylic acid groups (broad SMARTS) is 1. The minimum atomic E-state index is -0.754. The highest BCUT2D eigenvalue weighted by Crippen LogP contribution is 2.07. The number of hydrogen-bond acceptors (Lipinski definition) is 1. The number of rotatable bonds is 14. The van der Waals surface area contributed by atoms with Crippen molar-refractivity contribution in [1.82, 2.24) is 0 Å². The molecule has 0 aromatic heterocycles. The topological polar surface area (TPSA) is 37.3 Å². The summed E-state index contributed by atoms with van der Waals surface area (Å²) in [5.41, 5.74) is 0. The van der Waals surface area contributed by atoms with Crippen LogP contribution in [-0.2, 0) is 4.79 Å². The van der Waals surface area contributed by atoms with Gasteiger partial charge in [-0.25, -0.2) is 0 Å². The average Bonchev–Trinajstić information content (AvgIpc) is 2.50. The van der Waals surface area contributed by atoms with E-state index < -0.39 is 5.97 Å². The molecule has 0 aromatic rings. The summed E-state index contributed by atoms with van der Waals surface area (Å²) in [5, 5.41) is 8.46. The van der Waals surface area contributed by atoms with Gasteiger partial charge in [-0.1, -0.05) is 73.9 Å². The van der Waals surface area contributed by atoms with Gasteiger partial charge in [-0.05, 0) is 32.1 Å². The van der Waals surface area contributed by atoms with Crippen LogP contribution in [0.2, 0.25) is 0 Å². The Bertz CT molecular complexity index is 387. The summed E-state index contributed by atoms with van der Waals surface area (Å²) in [7, 11) is 0. The molecule has 0 amide bonds. The highest BCUT2D eigenvalue weighted by Gasteiger charge is 1.90. The lowest BCUT2D eigenvalue weighted by Gasteiger charge is -1.97. The minimum absolute atomic E-state index is 0.192. The van der Waals surface area contributed by atoms with Crippen LogP contribution in [0.3, 0.4) is 0 Å². The van der Waals surface area contributed by atoms with Crippen molar-refractivity contribution in [2.24, 2.45) is 0 Å². The van der Waals surface area contributed by atoms with E-state index in [1.807, 2.05) is 42.5 Å². The second-order valence-corrected chi connectivity index (χ2v) is 5.19. The van der Waals surface area contributed by atoms with Crippen LogP contribution in [0, 0.1) is 0 Å². The van der Waals surface area contributed by atoms with E-state index in [0.29, 0.717) is 6.42 Å². The zero-order valence-electron chi connectivity index (χ0n) is 13.6. The first-order chi connectivity index (χ1) is 10.8. The molecule has 0 spiro atoms. The Balaban J connectivity index is 3.44. The highest BCUT2D eigenvalue weighted by molar-refractivity contribution is 5.66. The van der Waals surface area contributed by atoms with Crippen LogP contribution in [0.1, 0.15) is 57.8 Å². The molecule has 0 aromatic carbocycles. The van der Waals surface area contributed by atoms with Crippen LogP contribution < -0.4 is 0 Å². The Morgan fingerprint density at radius 3 is 1.82 bits per heavy atom. The minimum Gasteiger partial charge on any atom is -0.481 e. The average molecular weight is 302 g/mol. The number of aliphatic carboxylic acids is 1. The maximum Gasteiger partial charge on any atom is 0.303 e. The van der Waals surface area contributed by atoms with E-state index >= 15 is 0 Å². The molecule has 1 N–H and O–H groups in total. The van der Waals surface area contributed by atoms with Gasteiger partial charge in [0.05, 0.1) is 0 Å². The molecule has 0 fully saturated rings. The largest absolute Gasteiger partial charge is 0.481 e. The van der Waals surface area contributed by atoms with Crippen LogP contribution in [0.5, 0.6) is 0 Å². The molecular formula is C20H30O2. The molecule has 122 valence electrons. The van der Waals surface area contributed by atoms with Gasteiger partial charge in [0.15, 0.2) is 0 Å². The molecule has 2 nitrogen and oxygen atoms in total. The zero-order valence-corrected chi connectivity index (χ0v) is 13.6. The molecular weight excluding hydrogens is 272 g/mol. The summed E-state index contributed by atoms with van der Waals surface area (Å²) in [5.74, 6) is -0.754. The summed E-state index contributed by atoms with van der Waals surface area (Å²) in [6.07, 6.45) is 27.4. The van der Waals surface area contributed by atoms with E-state index in [1.54, 1.807) is 0 Å². The first-order valence-electron chi connectivity index (χ1n) is 8.25. The highest BCUT2D eigenvalue weighted by atomic mass is 16.4. The van der Waals surface area contributed by atoms with Crippen molar-refractivity contribution < 1.29 is 9.90 Å². The lowest BCUT2D eigenvalue weighted by molar-refractivity contribution is -0.136. The quantitative estimate of drug-likeness (QED) is 0.243. The fourth-order valence-electron chi connectivity index (χ4n) is 1.89. The second-order valence-electron chi connectivity index (χ2n) is 5.19. The predicted molar refractivity (Wildman–Crippen MR) is 95.9 cm³/mol. The summed E-state index contributed by atoms with van der Waals surface area (Å²) >= 11 is 0. The third-order valence-corrected chi connectivity index (χ3v) is 3.13. The van der Waals surface area contributed by atoms with Gasteiger partial charge in [-0.3, -0.25) is 4.79 Å². The van der Waals surface area contributed by atoms with E-state index in [2.05, 4.69) is 18.7 Å². The predicted octanol–water partition coefficient (Wildman–Crippen LogP) is 5.99. The van der Waals surface area contributed by atoms with E-state index in [-0.39, 0.29) is 6.42 Å². The van der Waals surface area contributed by atoms with Crippen LogP contribution in [0.25, 0.3) is 0 Å². The summed E-state index contributed by atoms with van der Waals surface area (Å²) in [4.78, 5) is 10.3. The Morgan fingerprint density at radius 1 is 0.727 bits per heavy atom. The molecule has 0 unspecified atom stereocenters. The van der Waals surface area contributed by atoms with Crippen LogP contribution in [0.15, 0.2) is 61.3 Å². The number of hydrogen-bond donors (Lipinski definition) is 1. The number of unbranched alkanes of at least 4 members (excludes halogenated alkanes) is 6. The van der Waals surface area contributed by atoms with Crippen molar-refractivity contribution in [3.05, 3.63) is 61.3 Å². The standard InChI is InChI=1S/C20H30O2/c1-2-3-4-5-6-7-8-9-10-11-12-13-14-15-16-17-18-19-20(21)22/h2,10-17H,1,3-9,18-19H2,(H,21,22)/b11-10+,13-12+,15-14+,17-16+. The number of carboxylic acids is 1. The van der Waals surface area contributed by atoms with Crippen molar-refractivity contribution >= 4 is 5.97 Å². The molecule has 0 radical (unpaired) electrons. The Morgan fingerprint density at radius 2 is 1.23 bits per heavy atom. The normalized spacial score (nSPS) is 12.2. The second kappa shape index (κ2) is 17.2. The number of carbonyl (C=O) groups is 1. The lowest BCUT2D eigenvalue weighted by atomic mass is 10.1. The molecule has 0 aliphatic heterocycles. The van der Waals surface area contributed by atoms with Crippen molar-refractivity contribution in [2.45, 2.75) is 57.8 Å². The van der Waals surface area contributed by atoms with Crippen LogP contribution >= 0.6 is 0 Å². The maximum absolute atomic E-state index is 10.3. The van der Waals surface area contributed by atoms with Gasteiger partial charge in [0, 0.05) is 6.42 Å². The van der Waals surface area contributed by atoms with Gasteiger partial charge in [0.25, 0.3) is 0 Å². The fraction of sp³-hybridized carbons (Fsp3) is 0.450. The Hall–Kier alpha value is -1.83. The summed E-state index contributed by atoms with van der Waals surface area (Å²) in [6.45, 7) is 3.73. The van der Waals surface area contributed by atoms with Crippen molar-refractivity contribution in [2.75, 3.05) is 0 Å². The van der Waals surface area contributed by atoms with Crippen LogP contribution in [-0.4, -0.2) is 11.1 Å². The molecule has 0 bridgehead atoms. The molecule has 0 saturated heterocycles. The molecule has 0 atom stereocenters. The van der Waals surface area contributed by atoms with E-state index in [9.17, 15) is 4.79 Å². The Kier molecular flexibility index (Phi) is 15.8. The van der Waals surface area contributed by atoms with Gasteiger partial charge in [0.1, 0.15) is 0 Å². The number of allylic oxidation sites excluding steroid dienone is 9. The van der Waals surface area contributed by atoms with Crippen molar-refractivity contribution in [1.29, 1.82) is 0 Å². The molecule has 0 saturated carbocycles. The molecule has 2 heteroatoms. The van der Waals surface area contributed by atoms with Gasteiger partial charge in [-0.2, -0.15) is 0 Å². The molecule has 0 aliphatic rings. The van der Waals surface area contributed by atoms with Gasteiger partial charge in [0.2, 0.25) is 0 Å². The first-order valence-corrected chi connectivity index (χ1v) is 8.25. The lowest BCUT2D eigenvalue weighted by Crippen LogP contribution is -1.91. The summed E-state index contributed by atoms with van der Waals surface area (Å²) < 4.78 is 0. The maximum atomic E-state index is 10.3. The van der Waals surface area contributed by atoms with Crippen LogP contribution in [0.4, 0.5) is 0 Å². The molecule has 0 heterocycles. The van der Waals surface area contributed by atoms with Gasteiger partial charge in [-0.15, -0.1) is 6.58 Å². The summed E-state index contributed by atoms with van der Waals surface area (Å²) in [6, 6.07) is 0. The fourth-order valence-corrected chi connectivity index (χ4v) is 1.89. The van der Waals surface area contributed by atoms with Gasteiger partial charge < -0.3 is 5.11 Å². The first kappa shape index (κ1) is 20.2. The van der Waals surface area contributed by atoms with E-state index in [0.717, 1.165) is 12.8 Å². The van der Waals surface area contributed by atoms with Gasteiger partial charge >= 0.3 is 5.97 Å². The van der Waals surface area contributed by atoms with E-state index in [4.69, 9.17) is 5.11 Å². The smallest absolute Gasteiger partial charge is 0.303 e. The molecule has 0 rings (SSSR count). The third kappa shape index (κ3) is 18.2. The monoisotopic (exact) mass is 302 g/mol. The molecule has 22 heavy (non-hydrogen) atoms. The molecule has 0 aliphatic carbocycles. The SMILES string of the molecule is C=CCCCCCCC/C=C/C=C/C=C/C=C/CCC(=O)O. The third-order valence-electron chi connectivity index (χ3n) is 3.13. The van der Waals surface area contributed by atoms with E-state index in [1.165, 1.54) is 32.1 Å². The Labute approximate surface area is 135 Å². The van der Waals surface area contributed by atoms with Crippen molar-refractivity contribution in [3.8, 4) is 0 Å².